The quantitative estimate of drug-likeness (QED) is 0.778. The summed E-state index contributed by atoms with van der Waals surface area (Å²) in [6.07, 6.45) is 2.10. The SMILES string of the molecule is Fc1ccc(Cl)c(Br)c1C1CCCNC1. The molecule has 0 saturated carbocycles. The van der Waals surface area contributed by atoms with Gasteiger partial charge in [-0.2, -0.15) is 0 Å². The van der Waals surface area contributed by atoms with Crippen molar-refractivity contribution in [3.8, 4) is 0 Å². The van der Waals surface area contributed by atoms with Gasteiger partial charge in [0.1, 0.15) is 5.82 Å². The molecule has 2 rings (SSSR count). The molecular weight excluding hydrogens is 280 g/mol. The van der Waals surface area contributed by atoms with Crippen molar-refractivity contribution in [3.05, 3.63) is 33.0 Å². The molecule has 1 N–H and O–H groups in total. The van der Waals surface area contributed by atoms with E-state index in [0.717, 1.165) is 31.5 Å². The van der Waals surface area contributed by atoms with Crippen molar-refractivity contribution in [3.63, 3.8) is 0 Å². The summed E-state index contributed by atoms with van der Waals surface area (Å²) >= 11 is 9.34. The van der Waals surface area contributed by atoms with Crippen LogP contribution in [0.1, 0.15) is 24.3 Å². The number of halogens is 3. The lowest BCUT2D eigenvalue weighted by atomic mass is 9.91. The Morgan fingerprint density at radius 3 is 2.93 bits per heavy atom. The second-order valence-electron chi connectivity index (χ2n) is 3.80. The van der Waals surface area contributed by atoms with E-state index in [4.69, 9.17) is 11.6 Å². The number of hydrogen-bond donors (Lipinski definition) is 1. The van der Waals surface area contributed by atoms with E-state index in [1.54, 1.807) is 6.07 Å². The first kappa shape index (κ1) is 11.4. The van der Waals surface area contributed by atoms with Crippen LogP contribution in [0.2, 0.25) is 5.02 Å². The van der Waals surface area contributed by atoms with Crippen molar-refractivity contribution in [1.82, 2.24) is 5.32 Å². The lowest BCUT2D eigenvalue weighted by Gasteiger charge is -2.24. The van der Waals surface area contributed by atoms with Gasteiger partial charge in [0.2, 0.25) is 0 Å². The summed E-state index contributed by atoms with van der Waals surface area (Å²) in [6.45, 7) is 1.85. The topological polar surface area (TPSA) is 12.0 Å². The predicted octanol–water partition coefficient (Wildman–Crippen LogP) is 3.71. The largest absolute Gasteiger partial charge is 0.316 e. The van der Waals surface area contributed by atoms with Gasteiger partial charge in [0.05, 0.1) is 5.02 Å². The third kappa shape index (κ3) is 2.35. The number of nitrogens with one attached hydrogen (secondary N) is 1. The molecule has 1 unspecified atom stereocenters. The molecule has 0 radical (unpaired) electrons. The molecule has 1 fully saturated rings. The Kier molecular flexibility index (Phi) is 3.65. The number of piperidine rings is 1. The van der Waals surface area contributed by atoms with Gasteiger partial charge >= 0.3 is 0 Å². The summed E-state index contributed by atoms with van der Waals surface area (Å²) in [7, 11) is 0. The average molecular weight is 293 g/mol. The molecule has 1 saturated heterocycles. The van der Waals surface area contributed by atoms with Gasteiger partial charge in [-0.05, 0) is 47.4 Å². The zero-order valence-electron chi connectivity index (χ0n) is 8.19. The zero-order valence-corrected chi connectivity index (χ0v) is 10.5. The molecule has 0 spiro atoms. The first-order chi connectivity index (χ1) is 7.20. The summed E-state index contributed by atoms with van der Waals surface area (Å²) in [5.41, 5.74) is 0.717. The van der Waals surface area contributed by atoms with Crippen LogP contribution in [-0.2, 0) is 0 Å². The van der Waals surface area contributed by atoms with E-state index in [1.165, 1.54) is 6.07 Å². The zero-order chi connectivity index (χ0) is 10.8. The molecule has 0 bridgehead atoms. The molecule has 1 nitrogen and oxygen atoms in total. The Morgan fingerprint density at radius 2 is 2.27 bits per heavy atom. The van der Waals surface area contributed by atoms with Gasteiger partial charge < -0.3 is 5.32 Å². The third-order valence-electron chi connectivity index (χ3n) is 2.78. The molecule has 1 aliphatic rings. The molecule has 15 heavy (non-hydrogen) atoms. The molecule has 0 amide bonds. The summed E-state index contributed by atoms with van der Waals surface area (Å²) < 4.78 is 14.4. The maximum atomic E-state index is 13.7. The highest BCUT2D eigenvalue weighted by Crippen LogP contribution is 2.36. The third-order valence-corrected chi connectivity index (χ3v) is 4.18. The Hall–Kier alpha value is -0.120. The maximum absolute atomic E-state index is 13.7. The molecule has 4 heteroatoms. The normalized spacial score (nSPS) is 21.7. The van der Waals surface area contributed by atoms with Gasteiger partial charge in [0.25, 0.3) is 0 Å². The minimum absolute atomic E-state index is 0.167. The number of benzene rings is 1. The first-order valence-electron chi connectivity index (χ1n) is 5.04. The van der Waals surface area contributed by atoms with Crippen molar-refractivity contribution in [2.45, 2.75) is 18.8 Å². The monoisotopic (exact) mass is 291 g/mol. The van der Waals surface area contributed by atoms with E-state index in [9.17, 15) is 4.39 Å². The first-order valence-corrected chi connectivity index (χ1v) is 6.21. The molecule has 1 aromatic carbocycles. The van der Waals surface area contributed by atoms with Crippen molar-refractivity contribution in [2.75, 3.05) is 13.1 Å². The number of hydrogen-bond acceptors (Lipinski definition) is 1. The molecular formula is C11H12BrClFN. The van der Waals surface area contributed by atoms with E-state index >= 15 is 0 Å². The Morgan fingerprint density at radius 1 is 1.47 bits per heavy atom. The fourth-order valence-corrected chi connectivity index (χ4v) is 2.83. The van der Waals surface area contributed by atoms with E-state index in [1.807, 2.05) is 0 Å². The van der Waals surface area contributed by atoms with Crippen LogP contribution in [0, 0.1) is 5.82 Å². The van der Waals surface area contributed by atoms with Crippen LogP contribution in [0.25, 0.3) is 0 Å². The Labute approximate surface area is 102 Å². The van der Waals surface area contributed by atoms with Crippen molar-refractivity contribution in [1.29, 1.82) is 0 Å². The molecule has 82 valence electrons. The summed E-state index contributed by atoms with van der Waals surface area (Å²) in [6, 6.07) is 3.03. The van der Waals surface area contributed by atoms with Crippen LogP contribution < -0.4 is 5.32 Å². The highest BCUT2D eigenvalue weighted by atomic mass is 79.9. The van der Waals surface area contributed by atoms with E-state index < -0.39 is 0 Å². The maximum Gasteiger partial charge on any atom is 0.127 e. The Balaban J connectivity index is 2.36. The minimum atomic E-state index is -0.167. The Bertz CT molecular complexity index is 364. The van der Waals surface area contributed by atoms with Crippen molar-refractivity contribution in [2.24, 2.45) is 0 Å². The molecule has 0 aliphatic carbocycles. The second kappa shape index (κ2) is 4.81. The van der Waals surface area contributed by atoms with E-state index in [2.05, 4.69) is 21.2 Å². The fraction of sp³-hybridized carbons (Fsp3) is 0.455. The smallest absolute Gasteiger partial charge is 0.127 e. The van der Waals surface area contributed by atoms with Gasteiger partial charge in [-0.25, -0.2) is 4.39 Å². The van der Waals surface area contributed by atoms with Crippen LogP contribution in [0.3, 0.4) is 0 Å². The lowest BCUT2D eigenvalue weighted by molar-refractivity contribution is 0.445. The minimum Gasteiger partial charge on any atom is -0.316 e. The second-order valence-corrected chi connectivity index (χ2v) is 5.00. The summed E-state index contributed by atoms with van der Waals surface area (Å²) in [4.78, 5) is 0. The van der Waals surface area contributed by atoms with Gasteiger partial charge in [-0.3, -0.25) is 0 Å². The fourth-order valence-electron chi connectivity index (χ4n) is 2.02. The van der Waals surface area contributed by atoms with E-state index in [-0.39, 0.29) is 11.7 Å². The molecule has 1 aliphatic heterocycles. The van der Waals surface area contributed by atoms with Crippen molar-refractivity contribution >= 4 is 27.5 Å². The van der Waals surface area contributed by atoms with Gasteiger partial charge in [0.15, 0.2) is 0 Å². The predicted molar refractivity (Wildman–Crippen MR) is 64.0 cm³/mol. The highest BCUT2D eigenvalue weighted by Gasteiger charge is 2.22. The average Bonchev–Trinajstić information content (AvgIpc) is 2.26. The lowest BCUT2D eigenvalue weighted by Crippen LogP contribution is -2.29. The van der Waals surface area contributed by atoms with Crippen molar-refractivity contribution < 1.29 is 4.39 Å². The van der Waals surface area contributed by atoms with Gasteiger partial charge in [0, 0.05) is 22.5 Å². The van der Waals surface area contributed by atoms with Crippen LogP contribution >= 0.6 is 27.5 Å². The van der Waals surface area contributed by atoms with E-state index in [0.29, 0.717) is 9.50 Å². The molecule has 1 heterocycles. The van der Waals surface area contributed by atoms with Crippen LogP contribution in [-0.4, -0.2) is 13.1 Å². The molecule has 1 aromatic rings. The van der Waals surface area contributed by atoms with Crippen LogP contribution in [0.5, 0.6) is 0 Å². The number of rotatable bonds is 1. The summed E-state index contributed by atoms with van der Waals surface area (Å²) in [5.74, 6) is 0.0619. The highest BCUT2D eigenvalue weighted by molar-refractivity contribution is 9.10. The van der Waals surface area contributed by atoms with Crippen LogP contribution in [0.4, 0.5) is 4.39 Å². The molecule has 1 atom stereocenters. The summed E-state index contributed by atoms with van der Waals surface area (Å²) in [5, 5.41) is 3.86. The molecule has 0 aromatic heterocycles. The standard InChI is InChI=1S/C11H12BrClFN/c12-11-8(13)3-4-9(14)10(11)7-2-1-5-15-6-7/h3-4,7,15H,1-2,5-6H2. The van der Waals surface area contributed by atoms with Crippen LogP contribution in [0.15, 0.2) is 16.6 Å². The van der Waals surface area contributed by atoms with Gasteiger partial charge in [-0.1, -0.05) is 11.6 Å². The van der Waals surface area contributed by atoms with Gasteiger partial charge in [-0.15, -0.1) is 0 Å².